The molecule has 0 N–H and O–H groups in total. The van der Waals surface area contributed by atoms with E-state index in [2.05, 4.69) is 22.8 Å². The van der Waals surface area contributed by atoms with Gasteiger partial charge < -0.3 is 9.30 Å². The number of ether oxygens (including phenoxy) is 1. The van der Waals surface area contributed by atoms with E-state index in [1.165, 1.54) is 11.1 Å². The molecule has 3 nitrogen and oxygen atoms in total. The first-order valence-electron chi connectivity index (χ1n) is 8.85. The van der Waals surface area contributed by atoms with E-state index in [0.29, 0.717) is 0 Å². The highest BCUT2D eigenvalue weighted by molar-refractivity contribution is 6.55. The number of fused-ring (bicyclic) bond motifs is 1. The SMILES string of the molecule is CC1(C)[C@H](C=C(Cl)Cl)[C@H]1C(=O)OC1Cc2cccc(-n3cccc3)c2C1. The van der Waals surface area contributed by atoms with Crippen LogP contribution >= 0.6 is 23.2 Å². The highest BCUT2D eigenvalue weighted by Gasteiger charge is 2.62. The zero-order chi connectivity index (χ0) is 18.5. The number of rotatable bonds is 4. The molecule has 2 aliphatic rings. The van der Waals surface area contributed by atoms with Crippen molar-refractivity contribution >= 4 is 29.2 Å². The summed E-state index contributed by atoms with van der Waals surface area (Å²) >= 11 is 11.6. The molecule has 3 atom stereocenters. The summed E-state index contributed by atoms with van der Waals surface area (Å²) in [6.45, 7) is 4.09. The Balaban J connectivity index is 1.47. The van der Waals surface area contributed by atoms with Crippen molar-refractivity contribution in [2.75, 3.05) is 0 Å². The molecule has 0 radical (unpaired) electrons. The van der Waals surface area contributed by atoms with Gasteiger partial charge in [0.05, 0.1) is 5.92 Å². The summed E-state index contributed by atoms with van der Waals surface area (Å²) < 4.78 is 8.19. The zero-order valence-electron chi connectivity index (χ0n) is 14.8. The van der Waals surface area contributed by atoms with Gasteiger partial charge in [-0.15, -0.1) is 0 Å². The Morgan fingerprint density at radius 2 is 1.92 bits per heavy atom. The number of benzene rings is 1. The van der Waals surface area contributed by atoms with Gasteiger partial charge in [0.2, 0.25) is 0 Å². The molecule has 0 bridgehead atoms. The van der Waals surface area contributed by atoms with E-state index in [4.69, 9.17) is 27.9 Å². The molecule has 1 aromatic carbocycles. The Morgan fingerprint density at radius 3 is 2.62 bits per heavy atom. The van der Waals surface area contributed by atoms with Gasteiger partial charge in [-0.25, -0.2) is 0 Å². The first kappa shape index (κ1) is 17.7. The van der Waals surface area contributed by atoms with Crippen molar-refractivity contribution in [3.05, 3.63) is 64.4 Å². The maximum Gasteiger partial charge on any atom is 0.310 e. The normalized spacial score (nSPS) is 25.5. The van der Waals surface area contributed by atoms with E-state index in [-0.39, 0.29) is 33.8 Å². The lowest BCUT2D eigenvalue weighted by Crippen LogP contribution is -2.21. The number of hydrogen-bond acceptors (Lipinski definition) is 2. The molecule has 4 rings (SSSR count). The standard InChI is InChI=1S/C21H21Cl2NO2/c1-21(2)16(12-18(22)23)19(21)20(25)26-14-10-13-6-5-7-17(15(13)11-14)24-8-3-4-9-24/h3-9,12,14,16,19H,10-11H2,1-2H3/t14?,16-,19+/m1/s1. The van der Waals surface area contributed by atoms with Crippen LogP contribution in [0.15, 0.2) is 53.3 Å². The van der Waals surface area contributed by atoms with Crippen LogP contribution in [0.1, 0.15) is 25.0 Å². The summed E-state index contributed by atoms with van der Waals surface area (Å²) in [6.07, 6.45) is 7.23. The fourth-order valence-corrected chi connectivity index (χ4v) is 4.50. The molecule has 1 aromatic heterocycles. The third-order valence-electron chi connectivity index (χ3n) is 5.76. The number of aromatic nitrogens is 1. The first-order chi connectivity index (χ1) is 12.4. The Morgan fingerprint density at radius 1 is 1.19 bits per heavy atom. The lowest BCUT2D eigenvalue weighted by atomic mass is 10.1. The third-order valence-corrected chi connectivity index (χ3v) is 6.02. The van der Waals surface area contributed by atoms with Crippen molar-refractivity contribution < 1.29 is 9.53 Å². The second-order valence-electron chi connectivity index (χ2n) is 7.75. The average Bonchev–Trinajstić information content (AvgIpc) is 3.01. The number of esters is 1. The fourth-order valence-electron chi connectivity index (χ4n) is 4.23. The Kier molecular flexibility index (Phi) is 4.40. The van der Waals surface area contributed by atoms with Gasteiger partial charge in [0.25, 0.3) is 0 Å². The molecule has 1 heterocycles. The molecule has 136 valence electrons. The topological polar surface area (TPSA) is 31.2 Å². The van der Waals surface area contributed by atoms with Crippen molar-refractivity contribution in [1.29, 1.82) is 0 Å². The lowest BCUT2D eigenvalue weighted by Gasteiger charge is -2.12. The molecule has 1 fully saturated rings. The van der Waals surface area contributed by atoms with Crippen LogP contribution in [-0.4, -0.2) is 16.6 Å². The van der Waals surface area contributed by atoms with Crippen LogP contribution in [0.4, 0.5) is 0 Å². The van der Waals surface area contributed by atoms with E-state index >= 15 is 0 Å². The molecular weight excluding hydrogens is 369 g/mol. The molecule has 26 heavy (non-hydrogen) atoms. The summed E-state index contributed by atoms with van der Waals surface area (Å²) in [5.41, 5.74) is 3.52. The highest BCUT2D eigenvalue weighted by Crippen LogP contribution is 2.60. The van der Waals surface area contributed by atoms with Gasteiger partial charge in [0.1, 0.15) is 10.6 Å². The largest absolute Gasteiger partial charge is 0.461 e. The average molecular weight is 390 g/mol. The predicted octanol–water partition coefficient (Wildman–Crippen LogP) is 5.08. The van der Waals surface area contributed by atoms with E-state index in [1.807, 2.05) is 38.4 Å². The number of allylic oxidation sites excluding steroid dienone is 1. The summed E-state index contributed by atoms with van der Waals surface area (Å²) in [5, 5.41) is 0. The molecule has 0 amide bonds. The summed E-state index contributed by atoms with van der Waals surface area (Å²) in [7, 11) is 0. The van der Waals surface area contributed by atoms with Crippen molar-refractivity contribution in [2.45, 2.75) is 32.8 Å². The van der Waals surface area contributed by atoms with Crippen molar-refractivity contribution in [3.63, 3.8) is 0 Å². The summed E-state index contributed by atoms with van der Waals surface area (Å²) in [6, 6.07) is 10.3. The Hall–Kier alpha value is -1.71. The van der Waals surface area contributed by atoms with Crippen molar-refractivity contribution in [3.8, 4) is 5.69 Å². The van der Waals surface area contributed by atoms with E-state index in [9.17, 15) is 4.79 Å². The van der Waals surface area contributed by atoms with Crippen LogP contribution in [-0.2, 0) is 22.4 Å². The minimum Gasteiger partial charge on any atom is -0.461 e. The van der Waals surface area contributed by atoms with Crippen molar-refractivity contribution in [1.82, 2.24) is 4.57 Å². The minimum absolute atomic E-state index is 0.0409. The van der Waals surface area contributed by atoms with E-state index in [1.54, 1.807) is 6.08 Å². The molecule has 0 saturated heterocycles. The number of hydrogen-bond donors (Lipinski definition) is 0. The number of carbonyl (C=O) groups excluding carboxylic acids is 1. The van der Waals surface area contributed by atoms with Crippen molar-refractivity contribution in [2.24, 2.45) is 17.3 Å². The van der Waals surface area contributed by atoms with Gasteiger partial charge >= 0.3 is 5.97 Å². The van der Waals surface area contributed by atoms with E-state index in [0.717, 1.165) is 18.5 Å². The highest BCUT2D eigenvalue weighted by atomic mass is 35.5. The third kappa shape index (κ3) is 3.08. The number of halogens is 2. The van der Waals surface area contributed by atoms with Gasteiger partial charge in [0, 0.05) is 30.9 Å². The minimum atomic E-state index is -0.178. The van der Waals surface area contributed by atoms with Gasteiger partial charge in [-0.05, 0) is 46.7 Å². The summed E-state index contributed by atoms with van der Waals surface area (Å²) in [4.78, 5) is 12.7. The second kappa shape index (κ2) is 6.47. The maximum absolute atomic E-state index is 12.7. The lowest BCUT2D eigenvalue weighted by molar-refractivity contribution is -0.151. The van der Waals surface area contributed by atoms with Gasteiger partial charge in [-0.3, -0.25) is 4.79 Å². The monoisotopic (exact) mass is 389 g/mol. The number of nitrogens with zero attached hydrogens (tertiary/aromatic N) is 1. The van der Waals surface area contributed by atoms with Crippen LogP contribution in [0.2, 0.25) is 0 Å². The molecule has 2 aromatic rings. The molecule has 0 aliphatic heterocycles. The fraction of sp³-hybridized carbons (Fsp3) is 0.381. The first-order valence-corrected chi connectivity index (χ1v) is 9.61. The molecule has 1 saturated carbocycles. The summed E-state index contributed by atoms with van der Waals surface area (Å²) in [5.74, 6) is -0.284. The van der Waals surface area contributed by atoms with Crippen LogP contribution in [0.5, 0.6) is 0 Å². The van der Waals surface area contributed by atoms with Gasteiger partial charge in [-0.1, -0.05) is 49.2 Å². The van der Waals surface area contributed by atoms with Gasteiger partial charge in [0.15, 0.2) is 0 Å². The zero-order valence-corrected chi connectivity index (χ0v) is 16.3. The Labute approximate surface area is 163 Å². The van der Waals surface area contributed by atoms with Crippen LogP contribution < -0.4 is 0 Å². The second-order valence-corrected chi connectivity index (χ2v) is 8.76. The molecule has 1 unspecified atom stereocenters. The quantitative estimate of drug-likeness (QED) is 0.682. The van der Waals surface area contributed by atoms with E-state index < -0.39 is 0 Å². The Bertz CT molecular complexity index is 866. The molecular formula is C21H21Cl2NO2. The molecule has 0 spiro atoms. The smallest absolute Gasteiger partial charge is 0.310 e. The molecule has 5 heteroatoms. The van der Waals surface area contributed by atoms with Gasteiger partial charge in [-0.2, -0.15) is 0 Å². The number of carbonyl (C=O) groups is 1. The van der Waals surface area contributed by atoms with Crippen LogP contribution in [0.25, 0.3) is 5.69 Å². The van der Waals surface area contributed by atoms with Crippen LogP contribution in [0, 0.1) is 17.3 Å². The predicted molar refractivity (Wildman–Crippen MR) is 104 cm³/mol. The van der Waals surface area contributed by atoms with Crippen LogP contribution in [0.3, 0.4) is 0 Å². The molecule has 2 aliphatic carbocycles. The maximum atomic E-state index is 12.7.